The highest BCUT2D eigenvalue weighted by Gasteiger charge is 2.26. The van der Waals surface area contributed by atoms with Crippen LogP contribution in [0.5, 0.6) is 0 Å². The smallest absolute Gasteiger partial charge is 0.272 e. The Morgan fingerprint density at radius 3 is 2.20 bits per heavy atom. The van der Waals surface area contributed by atoms with Gasteiger partial charge in [0, 0.05) is 68.3 Å². The largest absolute Gasteiger partial charge is 0.379 e. The van der Waals surface area contributed by atoms with Crippen molar-refractivity contribution in [2.45, 2.75) is 45.2 Å². The standard InChI is InChI=1S/C36H44ClN7O4S/c37-32-28-6-2-3-7-31(28)49-33(32)36(47)40-27-21-30(44(24-27)22-25-8-9-25)35(46)39-26-20-29(34(45)38-10-13-41-11-4-1-5-12-41)43(23-26)15-14-42-16-18-48-19-17-42/h2-3,6-7,20-21,23-25H,1,4-5,8-19,22H2,(H,38,45)(H,39,46)(H,40,47). The molecule has 3 fully saturated rings. The summed E-state index contributed by atoms with van der Waals surface area (Å²) < 4.78 is 10.3. The van der Waals surface area contributed by atoms with Gasteiger partial charge in [0.15, 0.2) is 0 Å². The lowest BCUT2D eigenvalue weighted by Crippen LogP contribution is -2.39. The summed E-state index contributed by atoms with van der Waals surface area (Å²) in [4.78, 5) is 45.8. The second-order valence-electron chi connectivity index (χ2n) is 13.3. The number of anilines is 2. The van der Waals surface area contributed by atoms with Crippen LogP contribution < -0.4 is 16.0 Å². The zero-order chi connectivity index (χ0) is 33.7. The van der Waals surface area contributed by atoms with E-state index in [1.807, 2.05) is 45.8 Å². The van der Waals surface area contributed by atoms with Crippen molar-refractivity contribution in [3.8, 4) is 0 Å². The minimum absolute atomic E-state index is 0.151. The number of carbonyl (C=O) groups is 3. The number of rotatable bonds is 13. The molecule has 1 saturated carbocycles. The van der Waals surface area contributed by atoms with E-state index in [0.717, 1.165) is 62.2 Å². The van der Waals surface area contributed by atoms with Gasteiger partial charge in [-0.1, -0.05) is 36.2 Å². The number of nitrogens with one attached hydrogen (secondary N) is 3. The molecule has 1 aromatic carbocycles. The fraction of sp³-hybridized carbons (Fsp3) is 0.472. The van der Waals surface area contributed by atoms with Crippen LogP contribution in [0.15, 0.2) is 48.8 Å². The first-order valence-corrected chi connectivity index (χ1v) is 18.6. The van der Waals surface area contributed by atoms with E-state index < -0.39 is 0 Å². The molecule has 0 spiro atoms. The second kappa shape index (κ2) is 15.5. The Morgan fingerprint density at radius 1 is 0.796 bits per heavy atom. The number of benzene rings is 1. The summed E-state index contributed by atoms with van der Waals surface area (Å²) in [6.07, 6.45) is 9.58. The minimum Gasteiger partial charge on any atom is -0.379 e. The van der Waals surface area contributed by atoms with Crippen molar-refractivity contribution in [3.05, 3.63) is 70.1 Å². The van der Waals surface area contributed by atoms with E-state index in [4.69, 9.17) is 16.3 Å². The van der Waals surface area contributed by atoms with E-state index in [1.165, 1.54) is 30.6 Å². The van der Waals surface area contributed by atoms with E-state index >= 15 is 0 Å². The molecule has 3 aromatic heterocycles. The van der Waals surface area contributed by atoms with Gasteiger partial charge in [0.1, 0.15) is 16.3 Å². The van der Waals surface area contributed by atoms with Crippen molar-refractivity contribution >= 4 is 62.1 Å². The average Bonchev–Trinajstić information content (AvgIpc) is 3.55. The van der Waals surface area contributed by atoms with Gasteiger partial charge in [-0.25, -0.2) is 0 Å². The van der Waals surface area contributed by atoms with Crippen LogP contribution in [-0.2, 0) is 17.8 Å². The number of morpholine rings is 1. The highest BCUT2D eigenvalue weighted by molar-refractivity contribution is 7.21. The fourth-order valence-electron chi connectivity index (χ4n) is 6.67. The number of piperidine rings is 1. The van der Waals surface area contributed by atoms with Crippen molar-refractivity contribution in [1.82, 2.24) is 24.3 Å². The molecular formula is C36H44ClN7O4S. The molecule has 0 atom stereocenters. The van der Waals surface area contributed by atoms with Crippen LogP contribution in [0.3, 0.4) is 0 Å². The quantitative estimate of drug-likeness (QED) is 0.167. The van der Waals surface area contributed by atoms with Crippen LogP contribution >= 0.6 is 22.9 Å². The van der Waals surface area contributed by atoms with Gasteiger partial charge >= 0.3 is 0 Å². The second-order valence-corrected chi connectivity index (χ2v) is 14.7. The lowest BCUT2D eigenvalue weighted by Gasteiger charge is -2.27. The zero-order valence-corrected chi connectivity index (χ0v) is 29.3. The van der Waals surface area contributed by atoms with Crippen molar-refractivity contribution in [3.63, 3.8) is 0 Å². The van der Waals surface area contributed by atoms with E-state index in [1.54, 1.807) is 12.1 Å². The summed E-state index contributed by atoms with van der Waals surface area (Å²) in [7, 11) is 0. The highest BCUT2D eigenvalue weighted by Crippen LogP contribution is 2.36. The van der Waals surface area contributed by atoms with Crippen LogP contribution in [0.2, 0.25) is 5.02 Å². The number of hydrogen-bond donors (Lipinski definition) is 3. The molecule has 3 N–H and O–H groups in total. The maximum Gasteiger partial charge on any atom is 0.272 e. The molecule has 260 valence electrons. The van der Waals surface area contributed by atoms with Gasteiger partial charge in [0.2, 0.25) is 0 Å². The summed E-state index contributed by atoms with van der Waals surface area (Å²) >= 11 is 7.92. The normalized spacial score (nSPS) is 17.3. The first-order chi connectivity index (χ1) is 23.9. The number of amides is 3. The Morgan fingerprint density at radius 2 is 1.47 bits per heavy atom. The molecule has 11 nitrogen and oxygen atoms in total. The molecule has 49 heavy (non-hydrogen) atoms. The molecule has 0 radical (unpaired) electrons. The zero-order valence-electron chi connectivity index (χ0n) is 27.7. The van der Waals surface area contributed by atoms with Gasteiger partial charge < -0.3 is 34.7 Å². The lowest BCUT2D eigenvalue weighted by atomic mass is 10.1. The van der Waals surface area contributed by atoms with Crippen LogP contribution in [0, 0.1) is 5.92 Å². The number of carbonyl (C=O) groups excluding carboxylic acids is 3. The van der Waals surface area contributed by atoms with Gasteiger partial charge in [-0.15, -0.1) is 11.3 Å². The first-order valence-electron chi connectivity index (χ1n) is 17.4. The Kier molecular flexibility index (Phi) is 10.7. The predicted molar refractivity (Wildman–Crippen MR) is 194 cm³/mol. The molecule has 3 aliphatic rings. The molecule has 0 unspecified atom stereocenters. The monoisotopic (exact) mass is 705 g/mol. The maximum atomic E-state index is 13.8. The Bertz CT molecular complexity index is 1800. The number of aromatic nitrogens is 2. The molecule has 4 aromatic rings. The number of halogens is 1. The topological polar surface area (TPSA) is 113 Å². The van der Waals surface area contributed by atoms with Crippen LogP contribution in [0.25, 0.3) is 10.1 Å². The molecule has 2 aliphatic heterocycles. The number of thiophene rings is 1. The average molecular weight is 706 g/mol. The highest BCUT2D eigenvalue weighted by atomic mass is 35.5. The number of fused-ring (bicyclic) bond motifs is 1. The SMILES string of the molecule is O=C(Nc1cc(C(=O)Nc2cc(C(=O)NCCN3CCCCC3)n(CCN3CCOCC3)c2)n(CC2CC2)c1)c1sc2ccccc2c1Cl. The Labute approximate surface area is 295 Å². The number of nitrogens with zero attached hydrogens (tertiary/aromatic N) is 4. The molecule has 7 rings (SSSR count). The maximum absolute atomic E-state index is 13.8. The minimum atomic E-state index is -0.310. The predicted octanol–water partition coefficient (Wildman–Crippen LogP) is 5.62. The molecule has 1 aliphatic carbocycles. The lowest BCUT2D eigenvalue weighted by molar-refractivity contribution is 0.0363. The molecule has 13 heteroatoms. The number of likely N-dealkylation sites (tertiary alicyclic amines) is 1. The fourth-order valence-corrected chi connectivity index (χ4v) is 8.08. The van der Waals surface area contributed by atoms with Crippen molar-refractivity contribution in [2.75, 3.05) is 69.7 Å². The summed E-state index contributed by atoms with van der Waals surface area (Å²) in [5.41, 5.74) is 2.04. The van der Waals surface area contributed by atoms with Crippen molar-refractivity contribution in [2.24, 2.45) is 5.92 Å². The third-order valence-corrected chi connectivity index (χ3v) is 11.3. The number of ether oxygens (including phenoxy) is 1. The molecule has 2 saturated heterocycles. The van der Waals surface area contributed by atoms with Crippen molar-refractivity contribution < 1.29 is 19.1 Å². The van der Waals surface area contributed by atoms with E-state index in [-0.39, 0.29) is 17.7 Å². The molecule has 5 heterocycles. The van der Waals surface area contributed by atoms with Crippen LogP contribution in [-0.4, -0.2) is 95.7 Å². The molecule has 0 bridgehead atoms. The van der Waals surface area contributed by atoms with Crippen molar-refractivity contribution in [1.29, 1.82) is 0 Å². The van der Waals surface area contributed by atoms with Crippen LogP contribution in [0.1, 0.15) is 62.8 Å². The molecule has 3 amide bonds. The summed E-state index contributed by atoms with van der Waals surface area (Å²) in [5, 5.41) is 10.4. The third kappa shape index (κ3) is 8.38. The third-order valence-electron chi connectivity index (χ3n) is 9.59. The van der Waals surface area contributed by atoms with E-state index in [9.17, 15) is 14.4 Å². The van der Waals surface area contributed by atoms with Gasteiger partial charge in [0.25, 0.3) is 17.7 Å². The summed E-state index contributed by atoms with van der Waals surface area (Å²) in [6, 6.07) is 11.1. The molecular weight excluding hydrogens is 662 g/mol. The number of hydrogen-bond acceptors (Lipinski definition) is 7. The Balaban J connectivity index is 1.06. The van der Waals surface area contributed by atoms with Crippen LogP contribution in [0.4, 0.5) is 11.4 Å². The summed E-state index contributed by atoms with van der Waals surface area (Å²) in [5.74, 6) is -0.263. The summed E-state index contributed by atoms with van der Waals surface area (Å²) in [6.45, 7) is 8.75. The van der Waals surface area contributed by atoms with Gasteiger partial charge in [0.05, 0.1) is 29.6 Å². The van der Waals surface area contributed by atoms with Gasteiger partial charge in [-0.2, -0.15) is 0 Å². The van der Waals surface area contributed by atoms with Gasteiger partial charge in [-0.05, 0) is 62.9 Å². The van der Waals surface area contributed by atoms with E-state index in [0.29, 0.717) is 71.4 Å². The Hall–Kier alpha value is -3.68. The van der Waals surface area contributed by atoms with E-state index in [2.05, 4.69) is 25.8 Å². The first kappa shape index (κ1) is 33.8. The van der Waals surface area contributed by atoms with Gasteiger partial charge in [-0.3, -0.25) is 19.3 Å².